The summed E-state index contributed by atoms with van der Waals surface area (Å²) in [6.07, 6.45) is 1.09. The molecule has 6 nitrogen and oxygen atoms in total. The van der Waals surface area contributed by atoms with Gasteiger partial charge >= 0.3 is 0 Å². The van der Waals surface area contributed by atoms with E-state index in [-0.39, 0.29) is 21.6 Å². The molecule has 0 fully saturated rings. The highest BCUT2D eigenvalue weighted by Gasteiger charge is 2.15. The molecular weight excluding hydrogens is 358 g/mol. The van der Waals surface area contributed by atoms with Crippen LogP contribution in [-0.2, 0) is 15.6 Å². The van der Waals surface area contributed by atoms with E-state index in [1.54, 1.807) is 24.3 Å². The Morgan fingerprint density at radius 3 is 2.56 bits per heavy atom. The zero-order chi connectivity index (χ0) is 18.0. The van der Waals surface area contributed by atoms with E-state index in [9.17, 15) is 13.2 Å². The smallest absolute Gasteiger partial charge is 0.266 e. The van der Waals surface area contributed by atoms with E-state index in [4.69, 9.17) is 5.26 Å². The summed E-state index contributed by atoms with van der Waals surface area (Å²) in [5.74, 6) is 0.673. The average molecular weight is 371 g/mol. The van der Waals surface area contributed by atoms with Crippen LogP contribution in [-0.4, -0.2) is 24.2 Å². The Bertz CT molecular complexity index is 1150. The van der Waals surface area contributed by atoms with Gasteiger partial charge < -0.3 is 0 Å². The molecule has 8 heteroatoms. The molecule has 0 aliphatic heterocycles. The maximum Gasteiger partial charge on any atom is 0.266 e. The molecule has 0 saturated carbocycles. The number of benzene rings is 2. The van der Waals surface area contributed by atoms with Crippen LogP contribution in [0.3, 0.4) is 0 Å². The first-order chi connectivity index (χ1) is 11.9. The second-order valence-corrected chi connectivity index (χ2v) is 8.11. The van der Waals surface area contributed by atoms with Crippen LogP contribution in [0.1, 0.15) is 5.82 Å². The molecule has 0 radical (unpaired) electrons. The Balaban J connectivity index is 2.36. The normalized spacial score (nSPS) is 11.4. The minimum absolute atomic E-state index is 0.0673. The van der Waals surface area contributed by atoms with Crippen LogP contribution in [0.15, 0.2) is 58.2 Å². The van der Waals surface area contributed by atoms with E-state index in [1.807, 2.05) is 11.5 Å². The molecule has 0 atom stereocenters. The van der Waals surface area contributed by atoms with Crippen molar-refractivity contribution in [1.82, 2.24) is 9.55 Å². The number of nitriles is 1. The van der Waals surface area contributed by atoms with Crippen molar-refractivity contribution in [2.75, 3.05) is 6.26 Å². The lowest BCUT2D eigenvalue weighted by molar-refractivity contribution is 0.602. The Labute approximate surface area is 148 Å². The number of para-hydroxylation sites is 1. The van der Waals surface area contributed by atoms with Crippen molar-refractivity contribution in [3.8, 4) is 11.1 Å². The molecular formula is C17H13N3O3S2. The predicted octanol–water partition coefficient (Wildman–Crippen LogP) is 2.50. The number of hydrogen-bond donors (Lipinski definition) is 0. The molecule has 0 unspecified atom stereocenters. The van der Waals surface area contributed by atoms with Gasteiger partial charge in [-0.25, -0.2) is 13.4 Å². The molecule has 126 valence electrons. The Morgan fingerprint density at radius 2 is 1.92 bits per heavy atom. The molecule has 0 spiro atoms. The highest BCUT2D eigenvalue weighted by molar-refractivity contribution is 8.02. The molecule has 1 aromatic heterocycles. The topological polar surface area (TPSA) is 92.8 Å². The van der Waals surface area contributed by atoms with Gasteiger partial charge in [-0.05, 0) is 42.1 Å². The fourth-order valence-corrected chi connectivity index (χ4v) is 3.51. The number of thioether (sulfide) groups is 1. The van der Waals surface area contributed by atoms with Crippen LogP contribution >= 0.6 is 11.8 Å². The van der Waals surface area contributed by atoms with Gasteiger partial charge in [0.05, 0.1) is 27.2 Å². The lowest BCUT2D eigenvalue weighted by atomic mass is 10.2. The molecule has 0 N–H and O–H groups in total. The number of nitrogens with zero attached hydrogens (tertiary/aromatic N) is 3. The van der Waals surface area contributed by atoms with Gasteiger partial charge in [0.2, 0.25) is 0 Å². The minimum atomic E-state index is -3.44. The molecule has 1 heterocycles. The minimum Gasteiger partial charge on any atom is -0.268 e. The highest BCUT2D eigenvalue weighted by atomic mass is 32.2. The van der Waals surface area contributed by atoms with Crippen LogP contribution in [0.2, 0.25) is 0 Å². The number of sulfone groups is 1. The van der Waals surface area contributed by atoms with Crippen LogP contribution in [0.5, 0.6) is 0 Å². The fourth-order valence-electron chi connectivity index (χ4n) is 2.48. The third kappa shape index (κ3) is 3.43. The van der Waals surface area contributed by atoms with Gasteiger partial charge in [0.15, 0.2) is 9.84 Å². The quantitative estimate of drug-likeness (QED) is 0.654. The summed E-state index contributed by atoms with van der Waals surface area (Å²) < 4.78 is 25.0. The van der Waals surface area contributed by atoms with Gasteiger partial charge in [0.1, 0.15) is 11.2 Å². The zero-order valence-electron chi connectivity index (χ0n) is 13.2. The molecule has 3 rings (SSSR count). The Kier molecular flexibility index (Phi) is 4.61. The van der Waals surface area contributed by atoms with Gasteiger partial charge in [-0.1, -0.05) is 18.2 Å². The van der Waals surface area contributed by atoms with Crippen molar-refractivity contribution in [3.63, 3.8) is 0 Å². The standard InChI is InChI=1S/C17H13N3O3S2/c1-25(22,23)13-7-8-15-14(9-13)17(21)20(12-5-3-2-4-6-12)16(19-15)10-24-11-18/h2-9H,10H2,1H3. The Morgan fingerprint density at radius 1 is 1.20 bits per heavy atom. The molecule has 0 bridgehead atoms. The van der Waals surface area contributed by atoms with E-state index < -0.39 is 9.84 Å². The average Bonchev–Trinajstić information content (AvgIpc) is 2.59. The van der Waals surface area contributed by atoms with Gasteiger partial charge in [-0.2, -0.15) is 5.26 Å². The molecule has 0 aliphatic carbocycles. The van der Waals surface area contributed by atoms with Crippen LogP contribution in [0.25, 0.3) is 16.6 Å². The first-order valence-corrected chi connectivity index (χ1v) is 10.1. The van der Waals surface area contributed by atoms with E-state index in [0.29, 0.717) is 17.0 Å². The number of aromatic nitrogens is 2. The lowest BCUT2D eigenvalue weighted by Crippen LogP contribution is -2.23. The molecule has 3 aromatic rings. The van der Waals surface area contributed by atoms with E-state index in [0.717, 1.165) is 18.0 Å². The fraction of sp³-hybridized carbons (Fsp3) is 0.118. The maximum atomic E-state index is 13.0. The van der Waals surface area contributed by atoms with Crippen molar-refractivity contribution in [2.45, 2.75) is 10.6 Å². The second-order valence-electron chi connectivity index (χ2n) is 5.34. The third-order valence-corrected chi connectivity index (χ3v) is 5.26. The van der Waals surface area contributed by atoms with E-state index in [2.05, 4.69) is 4.98 Å². The molecule has 25 heavy (non-hydrogen) atoms. The van der Waals surface area contributed by atoms with Crippen molar-refractivity contribution < 1.29 is 8.42 Å². The first kappa shape index (κ1) is 17.2. The van der Waals surface area contributed by atoms with Gasteiger partial charge in [0, 0.05) is 6.26 Å². The summed E-state index contributed by atoms with van der Waals surface area (Å²) in [6.45, 7) is 0. The molecule has 0 aliphatic rings. The molecule has 0 saturated heterocycles. The maximum absolute atomic E-state index is 13.0. The summed E-state index contributed by atoms with van der Waals surface area (Å²) in [4.78, 5) is 17.6. The summed E-state index contributed by atoms with van der Waals surface area (Å²) in [6, 6.07) is 13.2. The van der Waals surface area contributed by atoms with Crippen LogP contribution < -0.4 is 5.56 Å². The summed E-state index contributed by atoms with van der Waals surface area (Å²) in [5.41, 5.74) is 0.647. The van der Waals surface area contributed by atoms with Gasteiger partial charge in [0.25, 0.3) is 5.56 Å². The summed E-state index contributed by atoms with van der Waals surface area (Å²) >= 11 is 0.982. The van der Waals surface area contributed by atoms with Crippen molar-refractivity contribution >= 4 is 32.5 Å². The number of hydrogen-bond acceptors (Lipinski definition) is 6. The van der Waals surface area contributed by atoms with Crippen LogP contribution in [0.4, 0.5) is 0 Å². The Hall–Kier alpha value is -2.63. The molecule has 0 amide bonds. The zero-order valence-corrected chi connectivity index (χ0v) is 14.8. The highest BCUT2D eigenvalue weighted by Crippen LogP contribution is 2.19. The predicted molar refractivity (Wildman–Crippen MR) is 97.4 cm³/mol. The number of rotatable bonds is 4. The van der Waals surface area contributed by atoms with Crippen molar-refractivity contribution in [3.05, 3.63) is 64.7 Å². The third-order valence-electron chi connectivity index (χ3n) is 3.62. The van der Waals surface area contributed by atoms with Gasteiger partial charge in [-0.15, -0.1) is 0 Å². The SMILES string of the molecule is CS(=O)(=O)c1ccc2nc(CSC#N)n(-c3ccccc3)c(=O)c2c1. The van der Waals surface area contributed by atoms with Gasteiger partial charge in [-0.3, -0.25) is 9.36 Å². The van der Waals surface area contributed by atoms with E-state index in [1.165, 1.54) is 22.8 Å². The lowest BCUT2D eigenvalue weighted by Gasteiger charge is -2.13. The van der Waals surface area contributed by atoms with Crippen molar-refractivity contribution in [1.29, 1.82) is 5.26 Å². The number of fused-ring (bicyclic) bond motifs is 1. The summed E-state index contributed by atoms with van der Waals surface area (Å²) in [7, 11) is -3.44. The van der Waals surface area contributed by atoms with E-state index >= 15 is 0 Å². The van der Waals surface area contributed by atoms with Crippen LogP contribution in [0, 0.1) is 10.7 Å². The largest absolute Gasteiger partial charge is 0.268 e. The number of thiocyanates is 1. The monoisotopic (exact) mass is 371 g/mol. The molecule has 2 aromatic carbocycles. The van der Waals surface area contributed by atoms with Crippen molar-refractivity contribution in [2.24, 2.45) is 0 Å². The second kappa shape index (κ2) is 6.70. The first-order valence-electron chi connectivity index (χ1n) is 7.24. The summed E-state index contributed by atoms with van der Waals surface area (Å²) in [5, 5.41) is 11.0.